The van der Waals surface area contributed by atoms with E-state index in [-0.39, 0.29) is 23.0 Å². The predicted molar refractivity (Wildman–Crippen MR) is 124 cm³/mol. The molecule has 3 rings (SSSR count). The zero-order chi connectivity index (χ0) is 25.0. The van der Waals surface area contributed by atoms with Gasteiger partial charge in [-0.05, 0) is 32.5 Å². The Kier molecular flexibility index (Phi) is 10.2. The molecule has 0 amide bonds. The number of rotatable bonds is 6. The number of halogens is 1. The quantitative estimate of drug-likeness (QED) is 0.285. The molecule has 3 heterocycles. The molecule has 0 spiro atoms. The number of aromatic nitrogens is 1. The van der Waals surface area contributed by atoms with Gasteiger partial charge >= 0.3 is 30.1 Å². The van der Waals surface area contributed by atoms with Crippen LogP contribution in [0.5, 0.6) is 0 Å². The first kappa shape index (κ1) is 28.7. The summed E-state index contributed by atoms with van der Waals surface area (Å²) in [6.45, 7) is 4.47. The number of nitrogens with zero attached hydrogens (tertiary/aromatic N) is 2. The molecular formula is C23H32BrN2O9+. The minimum absolute atomic E-state index is 0. The highest BCUT2D eigenvalue weighted by molar-refractivity contribution is 8.93. The van der Waals surface area contributed by atoms with Crippen LogP contribution in [0, 0.1) is 0 Å². The van der Waals surface area contributed by atoms with Crippen molar-refractivity contribution in [2.24, 2.45) is 0 Å². The third-order valence-corrected chi connectivity index (χ3v) is 5.90. The van der Waals surface area contributed by atoms with E-state index in [9.17, 15) is 19.2 Å². The van der Waals surface area contributed by atoms with Gasteiger partial charge in [0.15, 0.2) is 24.6 Å². The first-order valence-electron chi connectivity index (χ1n) is 11.1. The maximum atomic E-state index is 12.6. The minimum atomic E-state index is -1.43. The molecule has 1 aromatic rings. The maximum absolute atomic E-state index is 12.6. The van der Waals surface area contributed by atoms with Crippen molar-refractivity contribution in [3.05, 3.63) is 30.1 Å². The first-order valence-corrected chi connectivity index (χ1v) is 11.1. The second-order valence-electron chi connectivity index (χ2n) is 8.42. The van der Waals surface area contributed by atoms with Gasteiger partial charge in [0, 0.05) is 38.4 Å². The lowest BCUT2D eigenvalue weighted by atomic mass is 9.96. The number of pyridine rings is 1. The summed E-state index contributed by atoms with van der Waals surface area (Å²) in [7, 11) is 3.20. The van der Waals surface area contributed by atoms with Crippen LogP contribution in [-0.4, -0.2) is 73.9 Å². The molecule has 2 aliphatic rings. The van der Waals surface area contributed by atoms with Crippen molar-refractivity contribution >= 4 is 40.9 Å². The van der Waals surface area contributed by atoms with Crippen LogP contribution in [0.1, 0.15) is 51.4 Å². The third-order valence-electron chi connectivity index (χ3n) is 5.90. The molecular weight excluding hydrogens is 528 g/mol. The molecule has 11 nitrogen and oxygen atoms in total. The van der Waals surface area contributed by atoms with E-state index in [1.165, 1.54) is 6.92 Å². The van der Waals surface area contributed by atoms with Crippen molar-refractivity contribution in [1.82, 2.24) is 4.90 Å². The number of ether oxygens (including phenoxy) is 5. The molecule has 194 valence electrons. The second-order valence-corrected chi connectivity index (χ2v) is 8.42. The predicted octanol–water partition coefficient (Wildman–Crippen LogP) is 1.18. The fourth-order valence-corrected chi connectivity index (χ4v) is 4.53. The molecule has 2 fully saturated rings. The van der Waals surface area contributed by atoms with Gasteiger partial charge < -0.3 is 18.9 Å². The van der Waals surface area contributed by atoms with Crippen LogP contribution in [0.3, 0.4) is 0 Å². The second kappa shape index (κ2) is 12.4. The van der Waals surface area contributed by atoms with Crippen molar-refractivity contribution in [2.45, 2.75) is 70.3 Å². The molecule has 0 bridgehead atoms. The Morgan fingerprint density at radius 3 is 2.14 bits per heavy atom. The van der Waals surface area contributed by atoms with Crippen molar-refractivity contribution < 1.29 is 47.4 Å². The Bertz CT molecular complexity index is 943. The lowest BCUT2D eigenvalue weighted by Gasteiger charge is -2.40. The SMILES string of the molecule is Br.COC(=O)[C@H]1O[C@@H]([n+]2cccc([C@@H]3CCCN3C)c2)[C@H](OC(C)=O)[C@@H](OC(C)=O)[C@@H]1OC(C)=O. The van der Waals surface area contributed by atoms with Crippen LogP contribution in [0.2, 0.25) is 0 Å². The Hall–Kier alpha value is -2.57. The van der Waals surface area contributed by atoms with Gasteiger partial charge in [0.25, 0.3) is 0 Å². The number of carbonyl (C=O) groups excluding carboxylic acids is 4. The summed E-state index contributed by atoms with van der Waals surface area (Å²) in [4.78, 5) is 50.6. The molecule has 0 radical (unpaired) electrons. The molecule has 6 atom stereocenters. The van der Waals surface area contributed by atoms with Crippen LogP contribution >= 0.6 is 17.0 Å². The van der Waals surface area contributed by atoms with Gasteiger partial charge in [-0.1, -0.05) is 0 Å². The van der Waals surface area contributed by atoms with E-state index in [0.29, 0.717) is 0 Å². The molecule has 12 heteroatoms. The summed E-state index contributed by atoms with van der Waals surface area (Å²) in [5, 5.41) is 0. The standard InChI is InChI=1S/C23H31N2O9.BrH/c1-13(26)31-18-19(32-14(2)27)21(23(29)30-5)34-22(20(18)33-15(3)28)25-11-6-8-16(12-25)17-9-7-10-24(17)4;/h6,8,11-12,17-22H,7,9-10H2,1-5H3;1H/q+1;/t17-,18-,19-,20+,21-,22+;/m0./s1. The third kappa shape index (κ3) is 6.77. The van der Waals surface area contributed by atoms with Crippen molar-refractivity contribution in [3.63, 3.8) is 0 Å². The molecule has 0 N–H and O–H groups in total. The van der Waals surface area contributed by atoms with Crippen molar-refractivity contribution in [3.8, 4) is 0 Å². The van der Waals surface area contributed by atoms with Crippen LogP contribution < -0.4 is 4.57 Å². The number of carbonyl (C=O) groups is 4. The van der Waals surface area contributed by atoms with Crippen LogP contribution in [-0.2, 0) is 42.9 Å². The normalized spacial score (nSPS) is 28.4. The van der Waals surface area contributed by atoms with Crippen molar-refractivity contribution in [1.29, 1.82) is 0 Å². The summed E-state index contributed by atoms with van der Waals surface area (Å²) in [6.07, 6.45) is -0.838. The molecule has 0 aliphatic carbocycles. The summed E-state index contributed by atoms with van der Waals surface area (Å²) < 4.78 is 28.8. The highest BCUT2D eigenvalue weighted by atomic mass is 79.9. The topological polar surface area (TPSA) is 122 Å². The molecule has 1 aromatic heterocycles. The average Bonchev–Trinajstić information content (AvgIpc) is 3.20. The summed E-state index contributed by atoms with van der Waals surface area (Å²) in [5.41, 5.74) is 1.01. The van der Waals surface area contributed by atoms with Gasteiger partial charge in [0.2, 0.25) is 12.2 Å². The smallest absolute Gasteiger partial charge is 0.339 e. The van der Waals surface area contributed by atoms with Gasteiger partial charge in [0.1, 0.15) is 0 Å². The minimum Gasteiger partial charge on any atom is -0.467 e. The number of hydrogen-bond acceptors (Lipinski definition) is 10. The van der Waals surface area contributed by atoms with Crippen LogP contribution in [0.25, 0.3) is 0 Å². The summed E-state index contributed by atoms with van der Waals surface area (Å²) in [5.74, 6) is -2.95. The number of methoxy groups -OCH3 is 1. The first-order chi connectivity index (χ1) is 16.1. The number of likely N-dealkylation sites (tertiary alicyclic amines) is 1. The van der Waals surface area contributed by atoms with E-state index in [1.807, 2.05) is 25.4 Å². The van der Waals surface area contributed by atoms with E-state index in [1.54, 1.807) is 10.8 Å². The van der Waals surface area contributed by atoms with E-state index < -0.39 is 54.5 Å². The molecule has 2 saturated heterocycles. The maximum Gasteiger partial charge on any atom is 0.339 e. The largest absolute Gasteiger partial charge is 0.467 e. The zero-order valence-electron chi connectivity index (χ0n) is 20.4. The van der Waals surface area contributed by atoms with Crippen LogP contribution in [0.4, 0.5) is 0 Å². The highest BCUT2D eigenvalue weighted by Gasteiger charge is 2.58. The Morgan fingerprint density at radius 1 is 1.00 bits per heavy atom. The molecule has 0 unspecified atom stereocenters. The lowest BCUT2D eigenvalue weighted by molar-refractivity contribution is -0.776. The number of hydrogen-bond donors (Lipinski definition) is 0. The molecule has 2 aliphatic heterocycles. The van der Waals surface area contributed by atoms with E-state index in [4.69, 9.17) is 23.7 Å². The Balaban J connectivity index is 0.00000432. The fourth-order valence-electron chi connectivity index (χ4n) is 4.53. The Morgan fingerprint density at radius 2 is 1.60 bits per heavy atom. The van der Waals surface area contributed by atoms with Gasteiger partial charge in [0.05, 0.1) is 7.11 Å². The zero-order valence-corrected chi connectivity index (χ0v) is 22.1. The van der Waals surface area contributed by atoms with Gasteiger partial charge in [-0.2, -0.15) is 4.57 Å². The van der Waals surface area contributed by atoms with Crippen LogP contribution in [0.15, 0.2) is 24.5 Å². The molecule has 0 saturated carbocycles. The highest BCUT2D eigenvalue weighted by Crippen LogP contribution is 2.34. The van der Waals surface area contributed by atoms with E-state index in [2.05, 4.69) is 4.90 Å². The monoisotopic (exact) mass is 559 g/mol. The van der Waals surface area contributed by atoms with E-state index in [0.717, 1.165) is 45.9 Å². The van der Waals surface area contributed by atoms with E-state index >= 15 is 0 Å². The van der Waals surface area contributed by atoms with Gasteiger partial charge in [-0.15, -0.1) is 17.0 Å². The average molecular weight is 560 g/mol. The molecule has 0 aromatic carbocycles. The number of esters is 4. The lowest BCUT2D eigenvalue weighted by Crippen LogP contribution is -2.66. The van der Waals surface area contributed by atoms with Gasteiger partial charge in [-0.3, -0.25) is 24.0 Å². The van der Waals surface area contributed by atoms with Crippen molar-refractivity contribution in [2.75, 3.05) is 20.7 Å². The summed E-state index contributed by atoms with van der Waals surface area (Å²) >= 11 is 0. The molecule has 35 heavy (non-hydrogen) atoms. The van der Waals surface area contributed by atoms with Gasteiger partial charge in [-0.25, -0.2) is 4.79 Å². The Labute approximate surface area is 214 Å². The summed E-state index contributed by atoms with van der Waals surface area (Å²) in [6, 6.07) is 4.00. The fraction of sp³-hybridized carbons (Fsp3) is 0.609.